The number of likely N-dealkylation sites (N-methyl/N-ethyl adjacent to an activating group) is 1. The van der Waals surface area contributed by atoms with Crippen molar-refractivity contribution in [1.82, 2.24) is 15.1 Å². The first-order valence-electron chi connectivity index (χ1n) is 7.77. The summed E-state index contributed by atoms with van der Waals surface area (Å²) in [6, 6.07) is 4.73. The minimum Gasteiger partial charge on any atom is -0.354 e. The maximum atomic E-state index is 4.48. The Balaban J connectivity index is 0.00000242. The van der Waals surface area contributed by atoms with E-state index < -0.39 is 0 Å². The molecule has 2 unspecified atom stereocenters. The Labute approximate surface area is 156 Å². The van der Waals surface area contributed by atoms with Gasteiger partial charge < -0.3 is 15.1 Å². The number of hydrogen-bond acceptors (Lipinski definition) is 3. The van der Waals surface area contributed by atoms with Crippen LogP contribution in [0.1, 0.15) is 30.7 Å². The summed E-state index contributed by atoms with van der Waals surface area (Å²) in [6.45, 7) is 5.46. The van der Waals surface area contributed by atoms with Gasteiger partial charge in [0.1, 0.15) is 0 Å². The summed E-state index contributed by atoms with van der Waals surface area (Å²) in [5.41, 5.74) is 0. The van der Waals surface area contributed by atoms with Crippen LogP contribution in [0.15, 0.2) is 22.5 Å². The number of rotatable bonds is 4. The maximum Gasteiger partial charge on any atom is 0.193 e. The van der Waals surface area contributed by atoms with Gasteiger partial charge in [-0.2, -0.15) is 0 Å². The molecule has 22 heavy (non-hydrogen) atoms. The molecule has 4 nitrogen and oxygen atoms in total. The smallest absolute Gasteiger partial charge is 0.193 e. The zero-order valence-electron chi connectivity index (χ0n) is 14.1. The summed E-state index contributed by atoms with van der Waals surface area (Å²) in [5, 5.41) is 5.72. The van der Waals surface area contributed by atoms with Crippen LogP contribution in [0.2, 0.25) is 0 Å². The fraction of sp³-hybridized carbons (Fsp3) is 0.688. The molecular formula is C16H29IN4S. The number of aliphatic imine (C=N–C) groups is 1. The summed E-state index contributed by atoms with van der Waals surface area (Å²) >= 11 is 1.82. The second-order valence-electron chi connectivity index (χ2n) is 6.12. The van der Waals surface area contributed by atoms with Gasteiger partial charge in [0.15, 0.2) is 5.96 Å². The van der Waals surface area contributed by atoms with Crippen LogP contribution in [0.5, 0.6) is 0 Å². The Hall–Kier alpha value is -0.340. The largest absolute Gasteiger partial charge is 0.354 e. The number of guanidine groups is 1. The molecular weight excluding hydrogens is 407 g/mol. The average molecular weight is 436 g/mol. The molecule has 0 saturated carbocycles. The van der Waals surface area contributed by atoms with E-state index in [4.69, 9.17) is 0 Å². The molecule has 0 amide bonds. The van der Waals surface area contributed by atoms with Gasteiger partial charge in [0.25, 0.3) is 0 Å². The maximum absolute atomic E-state index is 4.48. The van der Waals surface area contributed by atoms with Gasteiger partial charge in [-0.3, -0.25) is 4.99 Å². The molecule has 0 bridgehead atoms. The van der Waals surface area contributed by atoms with Crippen molar-refractivity contribution in [2.24, 2.45) is 10.9 Å². The number of hydrogen-bond donors (Lipinski definition) is 1. The number of nitrogens with zero attached hydrogens (tertiary/aromatic N) is 3. The van der Waals surface area contributed by atoms with Crippen molar-refractivity contribution in [1.29, 1.82) is 0 Å². The highest BCUT2D eigenvalue weighted by atomic mass is 127. The third kappa shape index (κ3) is 5.38. The van der Waals surface area contributed by atoms with Gasteiger partial charge in [0.05, 0.1) is 6.04 Å². The van der Waals surface area contributed by atoms with Crippen molar-refractivity contribution in [3.63, 3.8) is 0 Å². The average Bonchev–Trinajstić information content (AvgIpc) is 2.97. The molecule has 0 spiro atoms. The van der Waals surface area contributed by atoms with E-state index in [1.165, 1.54) is 17.7 Å². The molecule has 1 aliphatic heterocycles. The van der Waals surface area contributed by atoms with E-state index in [0.717, 1.165) is 31.5 Å². The van der Waals surface area contributed by atoms with Crippen molar-refractivity contribution < 1.29 is 0 Å². The molecule has 2 heterocycles. The molecule has 1 saturated heterocycles. The van der Waals surface area contributed by atoms with Crippen molar-refractivity contribution in [3.05, 3.63) is 22.4 Å². The molecule has 1 fully saturated rings. The van der Waals surface area contributed by atoms with Gasteiger partial charge in [-0.05, 0) is 44.3 Å². The predicted molar refractivity (Wildman–Crippen MR) is 107 cm³/mol. The van der Waals surface area contributed by atoms with E-state index in [-0.39, 0.29) is 24.0 Å². The quantitative estimate of drug-likeness (QED) is 0.447. The predicted octanol–water partition coefficient (Wildman–Crippen LogP) is 3.28. The zero-order valence-corrected chi connectivity index (χ0v) is 17.2. The molecule has 6 heteroatoms. The Morgan fingerprint density at radius 1 is 1.55 bits per heavy atom. The van der Waals surface area contributed by atoms with Gasteiger partial charge in [-0.25, -0.2) is 0 Å². The first-order chi connectivity index (χ1) is 10.1. The summed E-state index contributed by atoms with van der Waals surface area (Å²) in [5.74, 6) is 1.81. The van der Waals surface area contributed by atoms with Crippen LogP contribution in [0.25, 0.3) is 0 Å². The SMILES string of the molecule is CN=C(NCC(c1cccs1)N(C)C)N1CCCC(C)C1.I. The monoisotopic (exact) mass is 436 g/mol. The van der Waals surface area contributed by atoms with Crippen molar-refractivity contribution in [2.75, 3.05) is 40.8 Å². The number of halogens is 1. The fourth-order valence-electron chi connectivity index (χ4n) is 2.92. The number of thiophene rings is 1. The molecule has 1 aromatic heterocycles. The summed E-state index contributed by atoms with van der Waals surface area (Å²) in [4.78, 5) is 10.5. The molecule has 126 valence electrons. The van der Waals surface area contributed by atoms with Crippen LogP contribution < -0.4 is 5.32 Å². The normalized spacial score (nSPS) is 20.7. The van der Waals surface area contributed by atoms with Crippen molar-refractivity contribution in [2.45, 2.75) is 25.8 Å². The highest BCUT2D eigenvalue weighted by Crippen LogP contribution is 2.22. The molecule has 1 aliphatic rings. The summed E-state index contributed by atoms with van der Waals surface area (Å²) in [6.07, 6.45) is 2.60. The molecule has 2 rings (SSSR count). The molecule has 1 aromatic rings. The summed E-state index contributed by atoms with van der Waals surface area (Å²) < 4.78 is 0. The van der Waals surface area contributed by atoms with Crippen LogP contribution in [0.4, 0.5) is 0 Å². The first-order valence-corrected chi connectivity index (χ1v) is 8.65. The van der Waals surface area contributed by atoms with E-state index in [0.29, 0.717) is 6.04 Å². The standard InChI is InChI=1S/C16H28N4S.HI/c1-13-7-5-9-20(12-13)16(17-2)18-11-14(19(3)4)15-8-6-10-21-15;/h6,8,10,13-14H,5,7,9,11-12H2,1-4H3,(H,17,18);1H. The number of likely N-dealkylation sites (tertiary alicyclic amines) is 1. The molecule has 0 aromatic carbocycles. The fourth-order valence-corrected chi connectivity index (χ4v) is 3.84. The second-order valence-corrected chi connectivity index (χ2v) is 7.10. The number of nitrogens with one attached hydrogen (secondary N) is 1. The Bertz CT molecular complexity index is 447. The number of piperidine rings is 1. The Morgan fingerprint density at radius 2 is 2.32 bits per heavy atom. The van der Waals surface area contributed by atoms with Crippen molar-refractivity contribution >= 4 is 41.3 Å². The van der Waals surface area contributed by atoms with Crippen LogP contribution >= 0.6 is 35.3 Å². The van der Waals surface area contributed by atoms with Crippen LogP contribution in [-0.2, 0) is 0 Å². The lowest BCUT2D eigenvalue weighted by molar-refractivity contribution is 0.258. The van der Waals surface area contributed by atoms with Gasteiger partial charge >= 0.3 is 0 Å². The first kappa shape index (κ1) is 19.7. The molecule has 0 radical (unpaired) electrons. The molecule has 1 N–H and O–H groups in total. The van der Waals surface area contributed by atoms with Crippen LogP contribution in [-0.4, -0.2) is 56.5 Å². The van der Waals surface area contributed by atoms with E-state index in [9.17, 15) is 0 Å². The van der Waals surface area contributed by atoms with E-state index >= 15 is 0 Å². The molecule has 0 aliphatic carbocycles. The second kappa shape index (κ2) is 9.72. The highest BCUT2D eigenvalue weighted by Gasteiger charge is 2.21. The molecule has 2 atom stereocenters. The zero-order chi connectivity index (χ0) is 15.2. The van der Waals surface area contributed by atoms with Crippen LogP contribution in [0, 0.1) is 5.92 Å². The van der Waals surface area contributed by atoms with Gasteiger partial charge in [0.2, 0.25) is 0 Å². The van der Waals surface area contributed by atoms with Crippen LogP contribution in [0.3, 0.4) is 0 Å². The van der Waals surface area contributed by atoms with Gasteiger partial charge in [-0.1, -0.05) is 13.0 Å². The van der Waals surface area contributed by atoms with Gasteiger partial charge in [0, 0.05) is 31.6 Å². The highest BCUT2D eigenvalue weighted by molar-refractivity contribution is 14.0. The Morgan fingerprint density at radius 3 is 2.86 bits per heavy atom. The third-order valence-corrected chi connectivity index (χ3v) is 5.09. The minimum absolute atomic E-state index is 0. The Kier molecular flexibility index (Phi) is 8.71. The lowest BCUT2D eigenvalue weighted by Crippen LogP contribution is -2.48. The lowest BCUT2D eigenvalue weighted by atomic mass is 10.0. The third-order valence-electron chi connectivity index (χ3n) is 4.12. The summed E-state index contributed by atoms with van der Waals surface area (Å²) in [7, 11) is 6.16. The van der Waals surface area contributed by atoms with Crippen molar-refractivity contribution in [3.8, 4) is 0 Å². The van der Waals surface area contributed by atoms with E-state index in [2.05, 4.69) is 58.6 Å². The van der Waals surface area contributed by atoms with E-state index in [1.54, 1.807) is 0 Å². The topological polar surface area (TPSA) is 30.9 Å². The van der Waals surface area contributed by atoms with E-state index in [1.807, 2.05) is 18.4 Å². The van der Waals surface area contributed by atoms with Gasteiger partial charge in [-0.15, -0.1) is 35.3 Å². The minimum atomic E-state index is 0. The lowest BCUT2D eigenvalue weighted by Gasteiger charge is -2.34.